The van der Waals surface area contributed by atoms with Gasteiger partial charge in [-0.05, 0) is 24.6 Å². The zero-order valence-corrected chi connectivity index (χ0v) is 13.7. The highest BCUT2D eigenvalue weighted by atomic mass is 32.2. The molecule has 22 heavy (non-hydrogen) atoms. The molecule has 0 fully saturated rings. The third-order valence-corrected chi connectivity index (χ3v) is 5.45. The van der Waals surface area contributed by atoms with Gasteiger partial charge in [0.25, 0.3) is 0 Å². The Morgan fingerprint density at radius 2 is 2.14 bits per heavy atom. The number of carbonyl (C=O) groups excluding carboxylic acids is 1. The number of fused-ring (bicyclic) bond motifs is 1. The number of hydrogen-bond acceptors (Lipinski definition) is 5. The Kier molecular flexibility index (Phi) is 5.08. The summed E-state index contributed by atoms with van der Waals surface area (Å²) in [7, 11) is -3.44. The highest BCUT2D eigenvalue weighted by molar-refractivity contribution is 7.91. The molecule has 2 N–H and O–H groups in total. The molecule has 1 heterocycles. The first-order valence-electron chi connectivity index (χ1n) is 7.46. The molecule has 6 nitrogen and oxygen atoms in total. The first-order chi connectivity index (χ1) is 10.4. The van der Waals surface area contributed by atoms with Crippen molar-refractivity contribution in [2.24, 2.45) is 5.73 Å². The van der Waals surface area contributed by atoms with Crippen LogP contribution in [0.15, 0.2) is 23.1 Å². The fourth-order valence-electron chi connectivity index (χ4n) is 2.43. The van der Waals surface area contributed by atoms with E-state index in [1.807, 2.05) is 6.92 Å². The summed E-state index contributed by atoms with van der Waals surface area (Å²) in [6.07, 6.45) is 1.06. The lowest BCUT2D eigenvalue weighted by atomic mass is 10.1. The van der Waals surface area contributed by atoms with Gasteiger partial charge in [0, 0.05) is 13.0 Å². The van der Waals surface area contributed by atoms with Crippen LogP contribution < -0.4 is 15.4 Å². The predicted octanol–water partition coefficient (Wildman–Crippen LogP) is 1.33. The van der Waals surface area contributed by atoms with E-state index in [1.165, 1.54) is 12.1 Å². The standard InChI is InChI=1S/C15H22N2O4S/c1-3-11-10-17(15(18)4-2)13-9-12(5-6-14(13)21-11)22(19,20)8-7-16/h5-6,9,11H,3-4,7-8,10,16H2,1-2H3. The van der Waals surface area contributed by atoms with Crippen molar-refractivity contribution in [2.45, 2.75) is 37.7 Å². The van der Waals surface area contributed by atoms with E-state index in [2.05, 4.69) is 0 Å². The van der Waals surface area contributed by atoms with E-state index >= 15 is 0 Å². The predicted molar refractivity (Wildman–Crippen MR) is 84.9 cm³/mol. The van der Waals surface area contributed by atoms with Crippen LogP contribution in [-0.2, 0) is 14.6 Å². The second kappa shape index (κ2) is 6.66. The summed E-state index contributed by atoms with van der Waals surface area (Å²) in [6.45, 7) is 4.28. The number of ether oxygens (including phenoxy) is 1. The van der Waals surface area contributed by atoms with Crippen LogP contribution in [0.4, 0.5) is 5.69 Å². The number of amides is 1. The number of nitrogens with two attached hydrogens (primary N) is 1. The topological polar surface area (TPSA) is 89.7 Å². The fraction of sp³-hybridized carbons (Fsp3) is 0.533. The van der Waals surface area contributed by atoms with Crippen LogP contribution in [0.3, 0.4) is 0 Å². The van der Waals surface area contributed by atoms with Crippen molar-refractivity contribution in [3.8, 4) is 5.75 Å². The lowest BCUT2D eigenvalue weighted by Crippen LogP contribution is -2.43. The lowest BCUT2D eigenvalue weighted by molar-refractivity contribution is -0.118. The van der Waals surface area contributed by atoms with Crippen molar-refractivity contribution >= 4 is 21.4 Å². The number of hydrogen-bond donors (Lipinski definition) is 1. The van der Waals surface area contributed by atoms with Gasteiger partial charge in [0.05, 0.1) is 22.9 Å². The molecule has 0 saturated carbocycles. The molecule has 1 unspecified atom stereocenters. The summed E-state index contributed by atoms with van der Waals surface area (Å²) in [4.78, 5) is 14.0. The van der Waals surface area contributed by atoms with Gasteiger partial charge in [-0.25, -0.2) is 8.42 Å². The van der Waals surface area contributed by atoms with Gasteiger partial charge in [-0.15, -0.1) is 0 Å². The van der Waals surface area contributed by atoms with Gasteiger partial charge in [0.15, 0.2) is 9.84 Å². The number of benzene rings is 1. The quantitative estimate of drug-likeness (QED) is 0.882. The second-order valence-corrected chi connectivity index (χ2v) is 7.35. The van der Waals surface area contributed by atoms with E-state index in [1.54, 1.807) is 17.9 Å². The number of sulfone groups is 1. The molecule has 0 spiro atoms. The molecule has 1 aliphatic rings. The molecule has 7 heteroatoms. The van der Waals surface area contributed by atoms with Crippen molar-refractivity contribution in [1.29, 1.82) is 0 Å². The normalized spacial score (nSPS) is 17.8. The van der Waals surface area contributed by atoms with Crippen molar-refractivity contribution < 1.29 is 17.9 Å². The van der Waals surface area contributed by atoms with Crippen LogP contribution in [0.5, 0.6) is 5.75 Å². The Morgan fingerprint density at radius 1 is 1.41 bits per heavy atom. The average Bonchev–Trinajstić information content (AvgIpc) is 2.52. The average molecular weight is 326 g/mol. The third kappa shape index (κ3) is 3.25. The molecule has 0 aromatic heterocycles. The third-order valence-electron chi connectivity index (χ3n) is 3.71. The van der Waals surface area contributed by atoms with Crippen molar-refractivity contribution in [3.05, 3.63) is 18.2 Å². The fourth-order valence-corrected chi connectivity index (χ4v) is 3.55. The highest BCUT2D eigenvalue weighted by Crippen LogP contribution is 2.36. The smallest absolute Gasteiger partial charge is 0.226 e. The maximum Gasteiger partial charge on any atom is 0.226 e. The Morgan fingerprint density at radius 3 is 2.73 bits per heavy atom. The first-order valence-corrected chi connectivity index (χ1v) is 9.12. The Hall–Kier alpha value is -1.60. The molecule has 1 amide bonds. The highest BCUT2D eigenvalue weighted by Gasteiger charge is 2.29. The van der Waals surface area contributed by atoms with E-state index in [0.717, 1.165) is 6.42 Å². The molecular formula is C15H22N2O4S. The molecule has 0 saturated heterocycles. The molecule has 1 aromatic carbocycles. The monoisotopic (exact) mass is 326 g/mol. The molecule has 0 aliphatic carbocycles. The summed E-state index contributed by atoms with van der Waals surface area (Å²) < 4.78 is 30.1. The number of rotatable bonds is 5. The Balaban J connectivity index is 2.47. The number of anilines is 1. The Bertz CT molecular complexity index is 658. The largest absolute Gasteiger partial charge is 0.486 e. The summed E-state index contributed by atoms with van der Waals surface area (Å²) in [6, 6.07) is 4.65. The molecular weight excluding hydrogens is 304 g/mol. The Labute approximate surface area is 131 Å². The summed E-state index contributed by atoms with van der Waals surface area (Å²) >= 11 is 0. The molecule has 1 aromatic rings. The van der Waals surface area contributed by atoms with E-state index in [-0.39, 0.29) is 29.2 Å². The van der Waals surface area contributed by atoms with Gasteiger partial charge >= 0.3 is 0 Å². The van der Waals surface area contributed by atoms with Crippen LogP contribution in [0, 0.1) is 0 Å². The molecule has 0 radical (unpaired) electrons. The summed E-state index contributed by atoms with van der Waals surface area (Å²) in [5, 5.41) is 0. The maximum atomic E-state index is 12.2. The van der Waals surface area contributed by atoms with E-state index in [9.17, 15) is 13.2 Å². The molecule has 1 atom stereocenters. The lowest BCUT2D eigenvalue weighted by Gasteiger charge is -2.34. The van der Waals surface area contributed by atoms with Gasteiger partial charge < -0.3 is 15.4 Å². The van der Waals surface area contributed by atoms with E-state index in [4.69, 9.17) is 10.5 Å². The summed E-state index contributed by atoms with van der Waals surface area (Å²) in [5.74, 6) is 0.384. The molecule has 0 bridgehead atoms. The van der Waals surface area contributed by atoms with Crippen LogP contribution in [-0.4, -0.2) is 39.3 Å². The van der Waals surface area contributed by atoms with Gasteiger partial charge in [-0.2, -0.15) is 0 Å². The minimum Gasteiger partial charge on any atom is -0.486 e. The van der Waals surface area contributed by atoms with Gasteiger partial charge in [-0.3, -0.25) is 4.79 Å². The van der Waals surface area contributed by atoms with Crippen molar-refractivity contribution in [2.75, 3.05) is 23.7 Å². The van der Waals surface area contributed by atoms with Crippen LogP contribution >= 0.6 is 0 Å². The second-order valence-electron chi connectivity index (χ2n) is 5.24. The number of carbonyl (C=O) groups is 1. The number of nitrogens with zero attached hydrogens (tertiary/aromatic N) is 1. The van der Waals surface area contributed by atoms with Gasteiger partial charge in [-0.1, -0.05) is 13.8 Å². The summed E-state index contributed by atoms with van der Waals surface area (Å²) in [5.41, 5.74) is 5.88. The van der Waals surface area contributed by atoms with Crippen molar-refractivity contribution in [3.63, 3.8) is 0 Å². The molecule has 1 aliphatic heterocycles. The minimum atomic E-state index is -3.44. The van der Waals surface area contributed by atoms with E-state index < -0.39 is 9.84 Å². The van der Waals surface area contributed by atoms with Crippen molar-refractivity contribution in [1.82, 2.24) is 0 Å². The first kappa shape index (κ1) is 16.8. The van der Waals surface area contributed by atoms with Crippen LogP contribution in [0.25, 0.3) is 0 Å². The SMILES string of the molecule is CCC(=O)N1CC(CC)Oc2ccc(S(=O)(=O)CCN)cc21. The van der Waals surface area contributed by atoms with E-state index in [0.29, 0.717) is 24.4 Å². The zero-order valence-electron chi connectivity index (χ0n) is 12.9. The van der Waals surface area contributed by atoms with Gasteiger partial charge in [0.1, 0.15) is 11.9 Å². The minimum absolute atomic E-state index is 0.0450. The zero-order chi connectivity index (χ0) is 16.3. The maximum absolute atomic E-state index is 12.2. The molecule has 122 valence electrons. The molecule has 2 rings (SSSR count). The van der Waals surface area contributed by atoms with Gasteiger partial charge in [0.2, 0.25) is 5.91 Å². The van der Waals surface area contributed by atoms with Crippen LogP contribution in [0.2, 0.25) is 0 Å². The van der Waals surface area contributed by atoms with Crippen LogP contribution in [0.1, 0.15) is 26.7 Å².